The van der Waals surface area contributed by atoms with Crippen molar-refractivity contribution in [3.05, 3.63) is 29.7 Å². The number of anilines is 1. The van der Waals surface area contributed by atoms with Gasteiger partial charge in [0.1, 0.15) is 11.1 Å². The van der Waals surface area contributed by atoms with Crippen LogP contribution in [0, 0.1) is 0 Å². The third-order valence-corrected chi connectivity index (χ3v) is 4.71. The molecule has 0 bridgehead atoms. The number of carbonyl (C=O) groups excluding carboxylic acids is 1. The number of hydrogen-bond acceptors (Lipinski definition) is 6. The number of nitrogens with two attached hydrogens (primary N) is 1. The Labute approximate surface area is 120 Å². The number of fused-ring (bicyclic) bond motifs is 1. The number of carbonyl (C=O) groups is 1. The predicted octanol–water partition coefficient (Wildman–Crippen LogP) is -0.0907. The van der Waals surface area contributed by atoms with Crippen LogP contribution in [0.25, 0.3) is 11.3 Å². The lowest BCUT2D eigenvalue weighted by atomic mass is 10.1. The molecule has 0 aliphatic carbocycles. The molecule has 0 fully saturated rings. The molecule has 4 N–H and O–H groups in total. The topological polar surface area (TPSA) is 131 Å². The van der Waals surface area contributed by atoms with Crippen LogP contribution in [0.2, 0.25) is 0 Å². The van der Waals surface area contributed by atoms with Gasteiger partial charge >= 0.3 is 0 Å². The van der Waals surface area contributed by atoms with Gasteiger partial charge in [0.05, 0.1) is 16.9 Å². The molecule has 8 nitrogen and oxygen atoms in total. The molecule has 1 aliphatic rings. The number of sulfone groups is 1. The zero-order valence-corrected chi connectivity index (χ0v) is 11.9. The highest BCUT2D eigenvalue weighted by Gasteiger charge is 2.33. The Balaban J connectivity index is 2.08. The van der Waals surface area contributed by atoms with Crippen molar-refractivity contribution in [2.24, 2.45) is 5.73 Å². The molecule has 0 spiro atoms. The van der Waals surface area contributed by atoms with Crippen molar-refractivity contribution in [1.82, 2.24) is 15.2 Å². The van der Waals surface area contributed by atoms with E-state index < -0.39 is 21.1 Å². The van der Waals surface area contributed by atoms with Gasteiger partial charge in [0.2, 0.25) is 5.91 Å². The van der Waals surface area contributed by atoms with Crippen molar-refractivity contribution in [3.8, 4) is 11.3 Å². The highest BCUT2D eigenvalue weighted by atomic mass is 32.2. The van der Waals surface area contributed by atoms with E-state index in [4.69, 9.17) is 5.73 Å². The Morgan fingerprint density at radius 1 is 1.48 bits per heavy atom. The third kappa shape index (κ3) is 2.25. The van der Waals surface area contributed by atoms with Crippen LogP contribution in [0.5, 0.6) is 0 Å². The van der Waals surface area contributed by atoms with Gasteiger partial charge in [0, 0.05) is 30.6 Å². The van der Waals surface area contributed by atoms with E-state index in [1.165, 1.54) is 24.7 Å². The fourth-order valence-corrected chi connectivity index (χ4v) is 3.13. The predicted molar refractivity (Wildman–Crippen MR) is 76.3 cm³/mol. The maximum atomic E-state index is 11.6. The molecule has 1 aliphatic heterocycles. The summed E-state index contributed by atoms with van der Waals surface area (Å²) in [7, 11) is -3.23. The average Bonchev–Trinajstić information content (AvgIpc) is 2.97. The van der Waals surface area contributed by atoms with Gasteiger partial charge in [-0.1, -0.05) is 0 Å². The molecule has 1 unspecified atom stereocenters. The quantitative estimate of drug-likeness (QED) is 0.726. The van der Waals surface area contributed by atoms with Crippen LogP contribution in [0.15, 0.2) is 18.5 Å². The minimum absolute atomic E-state index is 0.281. The van der Waals surface area contributed by atoms with Crippen molar-refractivity contribution in [3.63, 3.8) is 0 Å². The Morgan fingerprint density at radius 2 is 2.24 bits per heavy atom. The molecule has 21 heavy (non-hydrogen) atoms. The molecule has 0 saturated heterocycles. The molecule has 3 heterocycles. The first-order valence-electron chi connectivity index (χ1n) is 6.14. The number of amides is 1. The maximum Gasteiger partial charge on any atom is 0.249 e. The number of nitrogens with zero attached hydrogens (tertiary/aromatic N) is 2. The van der Waals surface area contributed by atoms with Crippen LogP contribution in [0.4, 0.5) is 5.69 Å². The van der Waals surface area contributed by atoms with Gasteiger partial charge in [-0.15, -0.1) is 0 Å². The third-order valence-electron chi connectivity index (χ3n) is 3.39. The summed E-state index contributed by atoms with van der Waals surface area (Å²) in [6.07, 6.45) is 4.41. The molecule has 0 aromatic carbocycles. The van der Waals surface area contributed by atoms with Crippen LogP contribution in [-0.2, 0) is 16.3 Å². The lowest BCUT2D eigenvalue weighted by Crippen LogP contribution is -2.26. The molecule has 1 amide bonds. The first-order chi connectivity index (χ1) is 9.88. The van der Waals surface area contributed by atoms with Gasteiger partial charge < -0.3 is 11.1 Å². The van der Waals surface area contributed by atoms with Gasteiger partial charge in [-0.2, -0.15) is 5.10 Å². The molecule has 0 radical (unpaired) electrons. The summed E-state index contributed by atoms with van der Waals surface area (Å²) in [6.45, 7) is 0. The average molecular weight is 307 g/mol. The van der Waals surface area contributed by atoms with Crippen LogP contribution < -0.4 is 11.1 Å². The van der Waals surface area contributed by atoms with E-state index in [1.54, 1.807) is 0 Å². The fourth-order valence-electron chi connectivity index (χ4n) is 2.33. The van der Waals surface area contributed by atoms with Gasteiger partial charge in [0.25, 0.3) is 0 Å². The summed E-state index contributed by atoms with van der Waals surface area (Å²) in [5.74, 6) is -0.596. The smallest absolute Gasteiger partial charge is 0.249 e. The van der Waals surface area contributed by atoms with E-state index in [0.717, 1.165) is 0 Å². The number of aromatic amines is 1. The van der Waals surface area contributed by atoms with E-state index in [-0.39, 0.29) is 5.56 Å². The molecular formula is C12H13N5O3S. The highest BCUT2D eigenvalue weighted by Crippen LogP contribution is 2.36. The van der Waals surface area contributed by atoms with Gasteiger partial charge in [-0.05, 0) is 6.07 Å². The van der Waals surface area contributed by atoms with Gasteiger partial charge in [-0.25, -0.2) is 8.42 Å². The van der Waals surface area contributed by atoms with Gasteiger partial charge in [-0.3, -0.25) is 14.9 Å². The summed E-state index contributed by atoms with van der Waals surface area (Å²) in [5.41, 5.74) is 7.78. The summed E-state index contributed by atoms with van der Waals surface area (Å²) in [6, 6.07) is 1.50. The van der Waals surface area contributed by atoms with E-state index in [2.05, 4.69) is 20.5 Å². The zero-order valence-electron chi connectivity index (χ0n) is 11.1. The maximum absolute atomic E-state index is 11.6. The number of aromatic nitrogens is 3. The molecule has 9 heteroatoms. The Bertz CT molecular complexity index is 827. The first kappa shape index (κ1) is 13.6. The summed E-state index contributed by atoms with van der Waals surface area (Å²) in [5, 5.41) is 9.16. The lowest BCUT2D eigenvalue weighted by Gasteiger charge is -2.10. The van der Waals surface area contributed by atoms with Crippen LogP contribution in [-0.4, -0.2) is 41.1 Å². The first-order valence-corrected chi connectivity index (χ1v) is 8.10. The second kappa shape index (κ2) is 4.55. The number of hydrogen-bond donors (Lipinski definition) is 3. The molecule has 0 saturated carbocycles. The van der Waals surface area contributed by atoms with E-state index in [1.807, 2.05) is 0 Å². The molecule has 2 aromatic rings. The molecule has 2 aromatic heterocycles. The largest absolute Gasteiger partial charge is 0.366 e. The van der Waals surface area contributed by atoms with Crippen LogP contribution in [0.1, 0.15) is 16.1 Å². The molecule has 3 rings (SSSR count). The molecule has 1 atom stereocenters. The standard InChI is InChI=1S/C12H13N5O3S/c1-21(19,20)9-4-8-11(15-9)10(17-16-8)7-5-14-3-2-6(7)12(13)18/h2-3,5,9,15H,4H2,1H3,(H2,13,18)(H,16,17). The van der Waals surface area contributed by atoms with E-state index in [9.17, 15) is 13.2 Å². The fraction of sp³-hybridized carbons (Fsp3) is 0.250. The second-order valence-corrected chi connectivity index (χ2v) is 7.11. The zero-order chi connectivity index (χ0) is 15.2. The number of primary amides is 1. The highest BCUT2D eigenvalue weighted by molar-refractivity contribution is 7.91. The van der Waals surface area contributed by atoms with Crippen molar-refractivity contribution < 1.29 is 13.2 Å². The second-order valence-electron chi connectivity index (χ2n) is 4.88. The summed E-state index contributed by atoms with van der Waals surface area (Å²) >= 11 is 0. The van der Waals surface area contributed by atoms with Crippen molar-refractivity contribution in [1.29, 1.82) is 0 Å². The minimum Gasteiger partial charge on any atom is -0.366 e. The number of nitrogens with one attached hydrogen (secondary N) is 2. The Morgan fingerprint density at radius 3 is 2.90 bits per heavy atom. The molecular weight excluding hydrogens is 294 g/mol. The minimum atomic E-state index is -3.23. The van der Waals surface area contributed by atoms with Gasteiger partial charge in [0.15, 0.2) is 9.84 Å². The van der Waals surface area contributed by atoms with Crippen LogP contribution >= 0.6 is 0 Å². The number of pyridine rings is 1. The normalized spacial score (nSPS) is 17.3. The Hall–Kier alpha value is -2.42. The number of H-pyrrole nitrogens is 1. The number of rotatable bonds is 3. The van der Waals surface area contributed by atoms with Crippen molar-refractivity contribution in [2.75, 3.05) is 11.6 Å². The Kier molecular flexibility index (Phi) is 2.94. The SMILES string of the molecule is CS(=O)(=O)C1Cc2[nH]nc(-c3cnccc3C(N)=O)c2N1. The van der Waals surface area contributed by atoms with E-state index in [0.29, 0.717) is 29.1 Å². The summed E-state index contributed by atoms with van der Waals surface area (Å²) in [4.78, 5) is 15.5. The lowest BCUT2D eigenvalue weighted by molar-refractivity contribution is 0.100. The van der Waals surface area contributed by atoms with Crippen molar-refractivity contribution >= 4 is 21.4 Å². The van der Waals surface area contributed by atoms with Crippen LogP contribution in [0.3, 0.4) is 0 Å². The summed E-state index contributed by atoms with van der Waals surface area (Å²) < 4.78 is 23.3. The van der Waals surface area contributed by atoms with Crippen molar-refractivity contribution in [2.45, 2.75) is 11.8 Å². The van der Waals surface area contributed by atoms with E-state index >= 15 is 0 Å². The molecule has 110 valence electrons. The monoisotopic (exact) mass is 307 g/mol.